The molecule has 1 atom stereocenters. The number of likely N-dealkylation sites (N-methyl/N-ethyl adjacent to an activating group) is 1. The van der Waals surface area contributed by atoms with Gasteiger partial charge in [-0.15, -0.1) is 0 Å². The van der Waals surface area contributed by atoms with Gasteiger partial charge in [0.05, 0.1) is 18.0 Å². The maximum atomic E-state index is 13.0. The fraction of sp³-hybridized carbons (Fsp3) is 0.455. The lowest BCUT2D eigenvalue weighted by Crippen LogP contribution is -2.49. The number of fused-ring (bicyclic) bond motifs is 1. The van der Waals surface area contributed by atoms with Gasteiger partial charge in [-0.25, -0.2) is 13.1 Å². The van der Waals surface area contributed by atoms with Crippen LogP contribution in [0, 0.1) is 0 Å². The van der Waals surface area contributed by atoms with Crippen LogP contribution in [0.2, 0.25) is 0 Å². The molecule has 0 saturated carbocycles. The van der Waals surface area contributed by atoms with Crippen molar-refractivity contribution in [2.75, 3.05) is 53.2 Å². The molecule has 0 aromatic heterocycles. The van der Waals surface area contributed by atoms with Crippen LogP contribution < -0.4 is 18.9 Å². The molecule has 0 spiro atoms. The van der Waals surface area contributed by atoms with Crippen molar-refractivity contribution in [1.82, 2.24) is 14.5 Å². The first-order valence-corrected chi connectivity index (χ1v) is 12.0. The van der Waals surface area contributed by atoms with E-state index in [1.165, 1.54) is 12.1 Å². The fourth-order valence-corrected chi connectivity index (χ4v) is 5.14. The van der Waals surface area contributed by atoms with Gasteiger partial charge in [0, 0.05) is 44.4 Å². The van der Waals surface area contributed by atoms with E-state index in [0.29, 0.717) is 11.5 Å². The molecule has 2 aromatic carbocycles. The van der Waals surface area contributed by atoms with Crippen molar-refractivity contribution >= 4 is 10.0 Å². The van der Waals surface area contributed by atoms with E-state index in [-0.39, 0.29) is 24.3 Å². The lowest BCUT2D eigenvalue weighted by Gasteiger charge is -2.39. The first kappa shape index (κ1) is 21.9. The lowest BCUT2D eigenvalue weighted by molar-refractivity contribution is 0.0993. The summed E-state index contributed by atoms with van der Waals surface area (Å²) in [6, 6.07) is 12.3. The van der Waals surface area contributed by atoms with Crippen LogP contribution in [-0.4, -0.2) is 71.4 Å². The van der Waals surface area contributed by atoms with Gasteiger partial charge < -0.3 is 19.1 Å². The zero-order chi connectivity index (χ0) is 21.8. The second-order valence-corrected chi connectivity index (χ2v) is 9.36. The van der Waals surface area contributed by atoms with E-state index in [1.807, 2.05) is 24.3 Å². The summed E-state index contributed by atoms with van der Waals surface area (Å²) in [6.45, 7) is 7.16. The number of nitrogens with zero attached hydrogens (tertiary/aromatic N) is 2. The Hall–Kier alpha value is -2.33. The summed E-state index contributed by atoms with van der Waals surface area (Å²) in [7, 11) is -2.08. The van der Waals surface area contributed by atoms with Crippen molar-refractivity contribution in [2.45, 2.75) is 17.9 Å². The van der Waals surface area contributed by atoms with Crippen LogP contribution >= 0.6 is 0 Å². The average Bonchev–Trinajstić information content (AvgIpc) is 3.28. The molecule has 2 aliphatic heterocycles. The molecule has 31 heavy (non-hydrogen) atoms. The van der Waals surface area contributed by atoms with Crippen LogP contribution in [0.1, 0.15) is 18.5 Å². The number of hydrogen-bond acceptors (Lipinski definition) is 7. The van der Waals surface area contributed by atoms with Crippen molar-refractivity contribution in [3.05, 3.63) is 48.0 Å². The molecule has 0 radical (unpaired) electrons. The number of piperazine rings is 1. The van der Waals surface area contributed by atoms with E-state index in [9.17, 15) is 8.42 Å². The third-order valence-corrected chi connectivity index (χ3v) is 7.34. The number of benzene rings is 2. The molecular weight excluding hydrogens is 418 g/mol. The van der Waals surface area contributed by atoms with Crippen molar-refractivity contribution in [3.8, 4) is 17.2 Å². The highest BCUT2D eigenvalue weighted by atomic mass is 32.2. The van der Waals surface area contributed by atoms with Gasteiger partial charge >= 0.3 is 0 Å². The third-order valence-electron chi connectivity index (χ3n) is 5.91. The first-order chi connectivity index (χ1) is 15.0. The molecule has 8 nitrogen and oxygen atoms in total. The summed E-state index contributed by atoms with van der Waals surface area (Å²) >= 11 is 0. The summed E-state index contributed by atoms with van der Waals surface area (Å²) in [4.78, 5) is 4.88. The minimum Gasteiger partial charge on any atom is -0.496 e. The smallest absolute Gasteiger partial charge is 0.240 e. The number of hydrogen-bond donors (Lipinski definition) is 1. The molecule has 0 unspecified atom stereocenters. The monoisotopic (exact) mass is 447 g/mol. The highest BCUT2D eigenvalue weighted by Gasteiger charge is 2.29. The van der Waals surface area contributed by atoms with Gasteiger partial charge in [0.25, 0.3) is 0 Å². The molecule has 9 heteroatoms. The highest BCUT2D eigenvalue weighted by molar-refractivity contribution is 7.89. The zero-order valence-corrected chi connectivity index (χ0v) is 18.7. The Balaban J connectivity index is 1.56. The maximum Gasteiger partial charge on any atom is 0.240 e. The number of para-hydroxylation sites is 1. The van der Waals surface area contributed by atoms with Crippen molar-refractivity contribution < 1.29 is 22.6 Å². The Morgan fingerprint density at radius 1 is 1.06 bits per heavy atom. The number of sulfonamides is 1. The molecule has 4 rings (SSSR count). The Morgan fingerprint density at radius 3 is 2.55 bits per heavy atom. The lowest BCUT2D eigenvalue weighted by atomic mass is 10.0. The van der Waals surface area contributed by atoms with Gasteiger partial charge in [0.1, 0.15) is 5.75 Å². The number of ether oxygens (including phenoxy) is 3. The van der Waals surface area contributed by atoms with Crippen LogP contribution in [0.3, 0.4) is 0 Å². The van der Waals surface area contributed by atoms with E-state index < -0.39 is 10.0 Å². The zero-order valence-electron chi connectivity index (χ0n) is 17.9. The summed E-state index contributed by atoms with van der Waals surface area (Å²) < 4.78 is 45.1. The third kappa shape index (κ3) is 4.79. The largest absolute Gasteiger partial charge is 0.496 e. The maximum absolute atomic E-state index is 13.0. The van der Waals surface area contributed by atoms with E-state index in [4.69, 9.17) is 14.2 Å². The molecule has 168 valence electrons. The van der Waals surface area contributed by atoms with Gasteiger partial charge in [-0.05, 0) is 24.7 Å². The van der Waals surface area contributed by atoms with Crippen LogP contribution in [0.15, 0.2) is 47.4 Å². The van der Waals surface area contributed by atoms with Gasteiger partial charge in [-0.3, -0.25) is 4.90 Å². The molecule has 1 fully saturated rings. The molecule has 1 N–H and O–H groups in total. The van der Waals surface area contributed by atoms with Crippen LogP contribution in [0.25, 0.3) is 0 Å². The molecule has 0 aliphatic carbocycles. The second kappa shape index (κ2) is 9.44. The van der Waals surface area contributed by atoms with E-state index in [0.717, 1.165) is 44.0 Å². The number of rotatable bonds is 8. The van der Waals surface area contributed by atoms with E-state index in [1.54, 1.807) is 13.2 Å². The quantitative estimate of drug-likeness (QED) is 0.664. The minimum absolute atomic E-state index is 0.103. The Kier molecular flexibility index (Phi) is 6.66. The van der Waals surface area contributed by atoms with E-state index in [2.05, 4.69) is 21.4 Å². The van der Waals surface area contributed by atoms with Crippen molar-refractivity contribution in [1.29, 1.82) is 0 Å². The molecule has 1 saturated heterocycles. The second-order valence-electron chi connectivity index (χ2n) is 7.59. The predicted octanol–water partition coefficient (Wildman–Crippen LogP) is 2.08. The topological polar surface area (TPSA) is 80.3 Å². The molecule has 0 amide bonds. The van der Waals surface area contributed by atoms with Crippen LogP contribution in [0.4, 0.5) is 0 Å². The Bertz CT molecular complexity index is 1010. The Morgan fingerprint density at radius 2 is 1.81 bits per heavy atom. The Labute approximate surface area is 183 Å². The molecule has 0 bridgehead atoms. The average molecular weight is 448 g/mol. The highest BCUT2D eigenvalue weighted by Crippen LogP contribution is 2.34. The van der Waals surface area contributed by atoms with Gasteiger partial charge in [0.15, 0.2) is 11.5 Å². The number of methoxy groups -OCH3 is 1. The van der Waals surface area contributed by atoms with Gasteiger partial charge in [0.2, 0.25) is 16.8 Å². The van der Waals surface area contributed by atoms with Gasteiger partial charge in [-0.2, -0.15) is 0 Å². The first-order valence-electron chi connectivity index (χ1n) is 10.5. The SMILES string of the molecule is CCN1CCN([C@H](CNS(=O)(=O)c2ccc3c(c2)OCO3)c2ccccc2OC)CC1. The van der Waals surface area contributed by atoms with Gasteiger partial charge in [-0.1, -0.05) is 25.1 Å². The standard InChI is InChI=1S/C22H29N3O5S/c1-3-24-10-12-25(13-11-24)19(18-6-4-5-7-20(18)28-2)15-23-31(26,27)17-8-9-21-22(14-17)30-16-29-21/h4-9,14,19,23H,3,10-13,15-16H2,1-2H3/t19-/m1/s1. The molecular formula is C22H29N3O5S. The minimum atomic E-state index is -3.72. The summed E-state index contributed by atoms with van der Waals surface area (Å²) in [5.41, 5.74) is 0.975. The summed E-state index contributed by atoms with van der Waals surface area (Å²) in [5.74, 6) is 1.76. The van der Waals surface area contributed by atoms with Crippen LogP contribution in [0.5, 0.6) is 17.2 Å². The van der Waals surface area contributed by atoms with Crippen molar-refractivity contribution in [3.63, 3.8) is 0 Å². The predicted molar refractivity (Wildman–Crippen MR) is 117 cm³/mol. The molecule has 2 aromatic rings. The van der Waals surface area contributed by atoms with E-state index >= 15 is 0 Å². The normalized spacial score (nSPS) is 18.1. The molecule has 2 aliphatic rings. The molecule has 2 heterocycles. The summed E-state index contributed by atoms with van der Waals surface area (Å²) in [6.07, 6.45) is 0. The number of nitrogens with one attached hydrogen (secondary N) is 1. The van der Waals surface area contributed by atoms with Crippen molar-refractivity contribution in [2.24, 2.45) is 0 Å². The van der Waals surface area contributed by atoms with Crippen LogP contribution in [-0.2, 0) is 10.0 Å². The fourth-order valence-electron chi connectivity index (χ4n) is 4.08. The summed E-state index contributed by atoms with van der Waals surface area (Å²) in [5, 5.41) is 0.